The van der Waals surface area contributed by atoms with Gasteiger partial charge in [0.15, 0.2) is 0 Å². The Hall–Kier alpha value is -0.980. The van der Waals surface area contributed by atoms with Gasteiger partial charge in [-0.25, -0.2) is 9.47 Å². The van der Waals surface area contributed by atoms with Crippen molar-refractivity contribution in [1.82, 2.24) is 4.98 Å². The zero-order valence-corrected chi connectivity index (χ0v) is 15.7. The van der Waals surface area contributed by atoms with E-state index in [9.17, 15) is 5.11 Å². The third-order valence-corrected chi connectivity index (χ3v) is 4.21. The minimum Gasteiger partial charge on any atom is -1.00 e. The summed E-state index contributed by atoms with van der Waals surface area (Å²) in [4.78, 5) is 6.45. The molecule has 1 atom stereocenters. The van der Waals surface area contributed by atoms with Gasteiger partial charge in [-0.1, -0.05) is 46.9 Å². The van der Waals surface area contributed by atoms with Crippen LogP contribution < -0.4 is 26.4 Å². The zero-order valence-electron chi connectivity index (χ0n) is 12.6. The summed E-state index contributed by atoms with van der Waals surface area (Å²) < 4.78 is 2.97. The van der Waals surface area contributed by atoms with Crippen LogP contribution >= 0.6 is 15.9 Å². The number of halogens is 2. The van der Waals surface area contributed by atoms with E-state index in [0.717, 1.165) is 22.5 Å². The van der Waals surface area contributed by atoms with Crippen LogP contribution in [0, 0.1) is 5.92 Å². The topological polar surface area (TPSA) is 40.2 Å². The summed E-state index contributed by atoms with van der Waals surface area (Å²) in [6.45, 7) is 5.53. The number of anilines is 1. The number of hydrogen-bond acceptors (Lipinski definition) is 3. The largest absolute Gasteiger partial charge is 1.00 e. The number of aliphatic hydroxyl groups is 1. The first kappa shape index (κ1) is 17.4. The van der Waals surface area contributed by atoms with E-state index >= 15 is 0 Å². The Morgan fingerprint density at radius 2 is 2.18 bits per heavy atom. The number of aromatic nitrogens is 2. The molecule has 1 aromatic carbocycles. The summed E-state index contributed by atoms with van der Waals surface area (Å²) in [5, 5.41) is 11.4. The number of nitrogens with zero attached hydrogens (tertiary/aromatic N) is 3. The Kier molecular flexibility index (Phi) is 5.25. The van der Waals surface area contributed by atoms with Crippen LogP contribution in [-0.2, 0) is 12.3 Å². The highest BCUT2D eigenvalue weighted by atomic mass is 79.9. The van der Waals surface area contributed by atoms with E-state index in [1.807, 2.05) is 46.0 Å². The fraction of sp³-hybridized carbons (Fsp3) is 0.375. The number of benzene rings is 1. The second kappa shape index (κ2) is 6.64. The molecule has 4 nitrogen and oxygen atoms in total. The SMILES string of the molecule is CC(C)CN1c2nccc[n+]2CC1(O)c1cccc(Br)c1.[Br-]. The molecule has 0 spiro atoms. The third kappa shape index (κ3) is 3.05. The maximum atomic E-state index is 11.4. The molecule has 0 saturated carbocycles. The summed E-state index contributed by atoms with van der Waals surface area (Å²) >= 11 is 3.49. The molecule has 0 radical (unpaired) electrons. The number of hydrogen-bond donors (Lipinski definition) is 1. The Morgan fingerprint density at radius 3 is 2.86 bits per heavy atom. The zero-order chi connectivity index (χ0) is 15.0. The molecule has 0 bridgehead atoms. The van der Waals surface area contributed by atoms with Crippen LogP contribution in [0.25, 0.3) is 0 Å². The molecule has 118 valence electrons. The Morgan fingerprint density at radius 1 is 1.41 bits per heavy atom. The molecule has 0 fully saturated rings. The molecule has 1 aliphatic rings. The van der Waals surface area contributed by atoms with E-state index in [1.165, 1.54) is 0 Å². The van der Waals surface area contributed by atoms with Crippen LogP contribution in [0.5, 0.6) is 0 Å². The predicted molar refractivity (Wildman–Crippen MR) is 84.7 cm³/mol. The van der Waals surface area contributed by atoms with E-state index in [1.54, 1.807) is 6.20 Å². The maximum Gasteiger partial charge on any atom is 0.396 e. The van der Waals surface area contributed by atoms with Crippen molar-refractivity contribution in [2.75, 3.05) is 11.4 Å². The summed E-state index contributed by atoms with van der Waals surface area (Å²) in [6.07, 6.45) is 3.73. The minimum atomic E-state index is -1.06. The lowest BCUT2D eigenvalue weighted by atomic mass is 10.0. The van der Waals surface area contributed by atoms with Crippen LogP contribution in [0.3, 0.4) is 0 Å². The molecule has 0 amide bonds. The third-order valence-electron chi connectivity index (χ3n) is 3.71. The van der Waals surface area contributed by atoms with E-state index < -0.39 is 5.72 Å². The van der Waals surface area contributed by atoms with E-state index in [2.05, 4.69) is 34.8 Å². The average Bonchev–Trinajstić information content (AvgIpc) is 2.73. The van der Waals surface area contributed by atoms with Gasteiger partial charge in [0.25, 0.3) is 0 Å². The molecule has 1 N–H and O–H groups in total. The van der Waals surface area contributed by atoms with Gasteiger partial charge in [0.2, 0.25) is 5.72 Å². The van der Waals surface area contributed by atoms with Crippen LogP contribution in [0.15, 0.2) is 47.2 Å². The fourth-order valence-electron chi connectivity index (χ4n) is 2.81. The van der Waals surface area contributed by atoms with Gasteiger partial charge in [-0.05, 0) is 18.1 Å². The van der Waals surface area contributed by atoms with Gasteiger partial charge >= 0.3 is 5.95 Å². The Balaban J connectivity index is 0.00000176. The van der Waals surface area contributed by atoms with Crippen LogP contribution in [0.4, 0.5) is 5.95 Å². The van der Waals surface area contributed by atoms with Gasteiger partial charge in [-0.2, -0.15) is 0 Å². The van der Waals surface area contributed by atoms with Gasteiger partial charge in [-0.3, -0.25) is 0 Å². The predicted octanol–water partition coefficient (Wildman–Crippen LogP) is -0.543. The molecule has 1 unspecified atom stereocenters. The second-order valence-electron chi connectivity index (χ2n) is 5.88. The summed E-state index contributed by atoms with van der Waals surface area (Å²) in [6, 6.07) is 9.74. The highest BCUT2D eigenvalue weighted by Crippen LogP contribution is 2.35. The van der Waals surface area contributed by atoms with Crippen molar-refractivity contribution in [3.05, 3.63) is 52.8 Å². The normalized spacial score (nSPS) is 20.0. The molecule has 0 aliphatic carbocycles. The fourth-order valence-corrected chi connectivity index (χ4v) is 3.21. The molecule has 6 heteroatoms. The van der Waals surface area contributed by atoms with Crippen molar-refractivity contribution in [2.24, 2.45) is 5.92 Å². The summed E-state index contributed by atoms with van der Waals surface area (Å²) in [7, 11) is 0. The molecule has 3 rings (SSSR count). The average molecular weight is 429 g/mol. The maximum absolute atomic E-state index is 11.4. The number of fused-ring (bicyclic) bond motifs is 1. The molecular weight excluding hydrogens is 410 g/mol. The molecule has 2 heterocycles. The highest BCUT2D eigenvalue weighted by molar-refractivity contribution is 9.10. The van der Waals surface area contributed by atoms with Crippen molar-refractivity contribution in [2.45, 2.75) is 26.1 Å². The molecule has 0 saturated heterocycles. The van der Waals surface area contributed by atoms with Crippen LogP contribution in [0.1, 0.15) is 19.4 Å². The van der Waals surface area contributed by atoms with Gasteiger partial charge in [0.1, 0.15) is 12.7 Å². The standard InChI is InChI=1S/C16H19BrN3O.BrH/c1-12(2)10-20-15-18-7-4-8-19(15)11-16(20,21)13-5-3-6-14(17)9-13;/h3-9,12,21H,10-11H2,1-2H3;1H/q+1;/p-1. The smallest absolute Gasteiger partial charge is 0.396 e. The van der Waals surface area contributed by atoms with Gasteiger partial charge in [-0.15, -0.1) is 0 Å². The lowest BCUT2D eigenvalue weighted by Crippen LogP contribution is -3.00. The number of rotatable bonds is 3. The molecule has 1 aromatic heterocycles. The molecular formula is C16H19Br2N3O. The van der Waals surface area contributed by atoms with Gasteiger partial charge in [0, 0.05) is 16.1 Å². The lowest BCUT2D eigenvalue weighted by molar-refractivity contribution is -0.685. The quantitative estimate of drug-likeness (QED) is 0.667. The van der Waals surface area contributed by atoms with Crippen molar-refractivity contribution in [1.29, 1.82) is 0 Å². The first-order valence-corrected chi connectivity index (χ1v) is 7.90. The molecule has 22 heavy (non-hydrogen) atoms. The van der Waals surface area contributed by atoms with E-state index in [-0.39, 0.29) is 17.0 Å². The van der Waals surface area contributed by atoms with Crippen molar-refractivity contribution in [3.8, 4) is 0 Å². The highest BCUT2D eigenvalue weighted by Gasteiger charge is 2.51. The van der Waals surface area contributed by atoms with Crippen molar-refractivity contribution >= 4 is 21.9 Å². The Labute approximate surface area is 149 Å². The van der Waals surface area contributed by atoms with Crippen molar-refractivity contribution < 1.29 is 26.7 Å². The first-order valence-electron chi connectivity index (χ1n) is 7.11. The van der Waals surface area contributed by atoms with Gasteiger partial charge in [0.05, 0.1) is 12.7 Å². The molecule has 2 aromatic rings. The van der Waals surface area contributed by atoms with E-state index in [4.69, 9.17) is 0 Å². The monoisotopic (exact) mass is 427 g/mol. The van der Waals surface area contributed by atoms with Crippen molar-refractivity contribution in [3.63, 3.8) is 0 Å². The lowest BCUT2D eigenvalue weighted by Gasteiger charge is -2.29. The van der Waals surface area contributed by atoms with E-state index in [0.29, 0.717) is 12.5 Å². The first-order chi connectivity index (χ1) is 10.0. The second-order valence-corrected chi connectivity index (χ2v) is 6.79. The summed E-state index contributed by atoms with van der Waals surface area (Å²) in [5.41, 5.74) is -0.182. The van der Waals surface area contributed by atoms with Gasteiger partial charge < -0.3 is 22.1 Å². The molecule has 1 aliphatic heterocycles. The van der Waals surface area contributed by atoms with Crippen LogP contribution in [0.2, 0.25) is 0 Å². The minimum absolute atomic E-state index is 0. The Bertz CT molecular complexity index is 665. The summed E-state index contributed by atoms with van der Waals surface area (Å²) in [5.74, 6) is 1.24. The van der Waals surface area contributed by atoms with Crippen LogP contribution in [-0.4, -0.2) is 16.6 Å².